The Bertz CT molecular complexity index is 402. The lowest BCUT2D eigenvalue weighted by Crippen LogP contribution is -2.09. The summed E-state index contributed by atoms with van der Waals surface area (Å²) in [6.07, 6.45) is 0. The summed E-state index contributed by atoms with van der Waals surface area (Å²) >= 11 is 2.33. The zero-order valence-corrected chi connectivity index (χ0v) is 10.9. The van der Waals surface area contributed by atoms with Crippen LogP contribution in [-0.4, -0.2) is 10.3 Å². The Kier molecular flexibility index (Phi) is 3.34. The second-order valence-corrected chi connectivity index (χ2v) is 9.91. The maximum Gasteiger partial charge on any atom is 0.178 e. The van der Waals surface area contributed by atoms with Gasteiger partial charge in [0.1, 0.15) is 0 Å². The van der Waals surface area contributed by atoms with Gasteiger partial charge < -0.3 is 11.1 Å². The van der Waals surface area contributed by atoms with Crippen molar-refractivity contribution in [3.8, 4) is 0 Å². The fourth-order valence-corrected chi connectivity index (χ4v) is 5.08. The van der Waals surface area contributed by atoms with E-state index in [9.17, 15) is 0 Å². The zero-order valence-electron chi connectivity index (χ0n) is 7.11. The molecule has 1 aromatic carbocycles. The number of nitrogens with zero attached hydrogens (tertiary/aromatic N) is 1. The summed E-state index contributed by atoms with van der Waals surface area (Å²) in [5.74, 6) is 0. The Morgan fingerprint density at radius 2 is 2.07 bits per heavy atom. The second-order valence-electron chi connectivity index (χ2n) is 2.55. The summed E-state index contributed by atoms with van der Waals surface area (Å²) in [6.45, 7) is 0.0223. The molecule has 0 spiro atoms. The van der Waals surface area contributed by atoms with E-state index in [1.807, 2.05) is 30.3 Å². The van der Waals surface area contributed by atoms with Crippen LogP contribution in [0.5, 0.6) is 0 Å². The molecule has 14 heavy (non-hydrogen) atoms. The van der Waals surface area contributed by atoms with Gasteiger partial charge in [-0.15, -0.1) is 0 Å². The molecule has 1 unspecified atom stereocenters. The molecule has 1 aliphatic rings. The molecule has 0 fully saturated rings. The number of halogens is 1. The average molecular weight is 337 g/mol. The van der Waals surface area contributed by atoms with Gasteiger partial charge in [-0.3, -0.25) is 0 Å². The number of aliphatic imine (C=N–C) groups is 1. The van der Waals surface area contributed by atoms with E-state index in [4.69, 9.17) is 5.73 Å². The molecule has 0 bridgehead atoms. The Morgan fingerprint density at radius 3 is 2.64 bits per heavy atom. The highest BCUT2D eigenvalue weighted by Crippen LogP contribution is 2.44. The third-order valence-corrected chi connectivity index (χ3v) is 6.75. The summed E-state index contributed by atoms with van der Waals surface area (Å²) in [4.78, 5) is 4.23. The predicted octanol–water partition coefficient (Wildman–Crippen LogP) is 2.78. The quantitative estimate of drug-likeness (QED) is 0.471. The minimum Gasteiger partial charge on any atom is -0.377 e. The van der Waals surface area contributed by atoms with Crippen molar-refractivity contribution in [2.24, 2.45) is 10.7 Å². The molecule has 0 aliphatic carbocycles. The number of nitrogens with one attached hydrogen (secondary N) is 1. The Balaban J connectivity index is 2.16. The fourth-order valence-electron chi connectivity index (χ4n) is 0.982. The SMILES string of the molecule is NC1=NC(Nc2ccccc2)=S(I)S1. The highest BCUT2D eigenvalue weighted by Gasteiger charge is 2.13. The molecule has 0 saturated heterocycles. The normalized spacial score (nSPS) is 20.8. The molecule has 0 radical (unpaired) electrons. The van der Waals surface area contributed by atoms with E-state index in [0.717, 1.165) is 10.8 Å². The minimum absolute atomic E-state index is 0.0223. The third-order valence-electron chi connectivity index (χ3n) is 1.55. The number of nitrogens with two attached hydrogens (primary N) is 1. The largest absolute Gasteiger partial charge is 0.377 e. The Hall–Kier alpha value is -0.210. The van der Waals surface area contributed by atoms with E-state index >= 15 is 0 Å². The first-order chi connectivity index (χ1) is 6.75. The van der Waals surface area contributed by atoms with Gasteiger partial charge in [0.25, 0.3) is 0 Å². The van der Waals surface area contributed by atoms with Crippen molar-refractivity contribution in [2.45, 2.75) is 0 Å². The van der Waals surface area contributed by atoms with Gasteiger partial charge in [-0.25, -0.2) is 0 Å². The second kappa shape index (κ2) is 4.54. The van der Waals surface area contributed by atoms with Gasteiger partial charge in [0, 0.05) is 26.9 Å². The van der Waals surface area contributed by atoms with E-state index in [-0.39, 0.29) is 6.69 Å². The first-order valence-electron chi connectivity index (χ1n) is 3.88. The molecule has 0 saturated carbocycles. The Labute approximate surface area is 100 Å². The van der Waals surface area contributed by atoms with Crippen LogP contribution in [0, 0.1) is 0 Å². The zero-order chi connectivity index (χ0) is 9.97. The lowest BCUT2D eigenvalue weighted by Gasteiger charge is -2.03. The van der Waals surface area contributed by atoms with Crippen LogP contribution in [0.1, 0.15) is 0 Å². The van der Waals surface area contributed by atoms with Crippen LogP contribution in [0.4, 0.5) is 5.69 Å². The summed E-state index contributed by atoms with van der Waals surface area (Å²) in [7, 11) is 1.59. The highest BCUT2D eigenvalue weighted by atomic mass is 127. The first kappa shape index (κ1) is 10.3. The van der Waals surface area contributed by atoms with Gasteiger partial charge in [0.15, 0.2) is 10.3 Å². The van der Waals surface area contributed by atoms with Crippen molar-refractivity contribution in [1.29, 1.82) is 0 Å². The lowest BCUT2D eigenvalue weighted by molar-refractivity contribution is 1.59. The minimum atomic E-state index is 0.0223. The summed E-state index contributed by atoms with van der Waals surface area (Å²) in [5, 5.41) is 4.84. The molecular formula is C8H8IN3S2. The van der Waals surface area contributed by atoms with Crippen molar-refractivity contribution in [1.82, 2.24) is 0 Å². The maximum absolute atomic E-state index is 5.62. The number of amidine groups is 1. The van der Waals surface area contributed by atoms with E-state index in [1.54, 1.807) is 10.8 Å². The van der Waals surface area contributed by atoms with Crippen LogP contribution >= 0.6 is 38.7 Å². The van der Waals surface area contributed by atoms with Crippen molar-refractivity contribution >= 4 is 54.7 Å². The summed E-state index contributed by atoms with van der Waals surface area (Å²) in [6, 6.07) is 9.98. The van der Waals surface area contributed by atoms with Crippen LogP contribution in [0.3, 0.4) is 0 Å². The van der Waals surface area contributed by atoms with Crippen molar-refractivity contribution in [3.05, 3.63) is 30.3 Å². The highest BCUT2D eigenvalue weighted by molar-refractivity contribution is 14.2. The molecule has 1 aliphatic heterocycles. The molecule has 6 heteroatoms. The molecule has 1 aromatic rings. The third kappa shape index (κ3) is 2.43. The van der Waals surface area contributed by atoms with E-state index < -0.39 is 0 Å². The van der Waals surface area contributed by atoms with Crippen LogP contribution in [0.15, 0.2) is 35.3 Å². The summed E-state index contributed by atoms with van der Waals surface area (Å²) < 4.78 is 0. The number of hydrogen-bond donors (Lipinski definition) is 2. The lowest BCUT2D eigenvalue weighted by atomic mass is 10.3. The number of anilines is 1. The molecule has 2 rings (SSSR count). The van der Waals surface area contributed by atoms with E-state index in [0.29, 0.717) is 5.17 Å². The average Bonchev–Trinajstić information content (AvgIpc) is 2.47. The Morgan fingerprint density at radius 1 is 1.36 bits per heavy atom. The number of benzene rings is 1. The number of para-hydroxylation sites is 1. The van der Waals surface area contributed by atoms with Gasteiger partial charge in [0.2, 0.25) is 0 Å². The molecule has 0 aromatic heterocycles. The van der Waals surface area contributed by atoms with Crippen molar-refractivity contribution in [2.75, 3.05) is 5.32 Å². The molecule has 74 valence electrons. The molecule has 0 amide bonds. The van der Waals surface area contributed by atoms with Gasteiger partial charge >= 0.3 is 0 Å². The standard InChI is InChI=1S/C8H8IN3S2/c9-14-8(12-7(10)13-14)11-6-4-2-1-3-5-6/h1-5,11H,(H2,10,12). The smallest absolute Gasteiger partial charge is 0.178 e. The van der Waals surface area contributed by atoms with Crippen molar-refractivity contribution in [3.63, 3.8) is 0 Å². The molecule has 1 atom stereocenters. The summed E-state index contributed by atoms with van der Waals surface area (Å²) in [5.41, 5.74) is 6.68. The van der Waals surface area contributed by atoms with Gasteiger partial charge in [0.05, 0.1) is 0 Å². The van der Waals surface area contributed by atoms with Gasteiger partial charge in [-0.1, -0.05) is 18.2 Å². The first-order valence-corrected chi connectivity index (χ1v) is 8.98. The predicted molar refractivity (Wildman–Crippen MR) is 75.9 cm³/mol. The van der Waals surface area contributed by atoms with E-state index in [2.05, 4.69) is 31.5 Å². The van der Waals surface area contributed by atoms with Gasteiger partial charge in [-0.2, -0.15) is 4.99 Å². The van der Waals surface area contributed by atoms with E-state index in [1.165, 1.54) is 0 Å². The molecule has 3 nitrogen and oxygen atoms in total. The maximum atomic E-state index is 5.62. The fraction of sp³-hybridized carbons (Fsp3) is 0. The van der Waals surface area contributed by atoms with Crippen LogP contribution in [0.2, 0.25) is 0 Å². The van der Waals surface area contributed by atoms with Crippen LogP contribution in [-0.2, 0) is 0 Å². The molecule has 1 heterocycles. The van der Waals surface area contributed by atoms with Crippen molar-refractivity contribution < 1.29 is 0 Å². The number of hydrogen-bond acceptors (Lipinski definition) is 4. The van der Waals surface area contributed by atoms with Crippen LogP contribution in [0.25, 0.3) is 0 Å². The topological polar surface area (TPSA) is 50.4 Å². The monoisotopic (exact) mass is 337 g/mol. The van der Waals surface area contributed by atoms with Gasteiger partial charge in [-0.05, 0) is 29.6 Å². The molecular weight excluding hydrogens is 329 g/mol. The number of rotatable bonds is 1. The molecule has 3 N–H and O–H groups in total. The van der Waals surface area contributed by atoms with Crippen LogP contribution < -0.4 is 11.1 Å².